The summed E-state index contributed by atoms with van der Waals surface area (Å²) < 4.78 is 0. The number of aliphatic carboxylic acids is 2. The minimum absolute atomic E-state index is 0.0436. The molecule has 1 aromatic heterocycles. The van der Waals surface area contributed by atoms with Crippen LogP contribution in [-0.2, 0) is 41.6 Å². The molecule has 0 fully saturated rings. The lowest BCUT2D eigenvalue weighted by atomic mass is 9.98. The highest BCUT2D eigenvalue weighted by atomic mass is 16.4. The van der Waals surface area contributed by atoms with E-state index < -0.39 is 72.2 Å². The smallest absolute Gasteiger partial charge is 0.326 e. The first-order valence-electron chi connectivity index (χ1n) is 16.1. The zero-order chi connectivity index (χ0) is 36.5. The topological polar surface area (TPSA) is 292 Å². The molecule has 12 N–H and O–H groups in total. The van der Waals surface area contributed by atoms with Crippen LogP contribution in [0.15, 0.2) is 36.8 Å². The van der Waals surface area contributed by atoms with E-state index in [1.165, 1.54) is 36.8 Å². The molecule has 0 saturated heterocycles. The summed E-state index contributed by atoms with van der Waals surface area (Å²) in [6.45, 7) is 3.97. The van der Waals surface area contributed by atoms with Gasteiger partial charge in [0.25, 0.3) is 0 Å². The summed E-state index contributed by atoms with van der Waals surface area (Å²) in [5, 5.41) is 38.8. The normalized spacial score (nSPS) is 14.7. The molecule has 0 aliphatic heterocycles. The number of imidazole rings is 1. The third kappa shape index (κ3) is 13.9. The first-order valence-corrected chi connectivity index (χ1v) is 16.1. The Morgan fingerprint density at radius 2 is 1.39 bits per heavy atom. The third-order valence-corrected chi connectivity index (χ3v) is 8.02. The van der Waals surface area contributed by atoms with Gasteiger partial charge in [-0.3, -0.25) is 24.0 Å². The number of hydrogen-bond donors (Lipinski definition) is 10. The van der Waals surface area contributed by atoms with E-state index in [9.17, 15) is 44.1 Å². The molecular weight excluding hydrogens is 640 g/mol. The van der Waals surface area contributed by atoms with E-state index in [2.05, 4.69) is 31.2 Å². The molecule has 0 aliphatic carbocycles. The van der Waals surface area contributed by atoms with Crippen molar-refractivity contribution in [3.63, 3.8) is 0 Å². The van der Waals surface area contributed by atoms with Crippen molar-refractivity contribution in [2.24, 2.45) is 17.4 Å². The molecule has 1 heterocycles. The van der Waals surface area contributed by atoms with Crippen molar-refractivity contribution in [1.29, 1.82) is 0 Å². The lowest BCUT2D eigenvalue weighted by molar-refractivity contribution is -0.142. The molecule has 0 spiro atoms. The molecule has 6 atom stereocenters. The maximum atomic E-state index is 13.7. The van der Waals surface area contributed by atoms with E-state index in [0.29, 0.717) is 37.1 Å². The summed E-state index contributed by atoms with van der Waals surface area (Å²) in [4.78, 5) is 83.8. The number of phenols is 1. The predicted molar refractivity (Wildman–Crippen MR) is 177 cm³/mol. The second kappa shape index (κ2) is 20.4. The Morgan fingerprint density at radius 3 is 1.94 bits per heavy atom. The molecule has 4 amide bonds. The number of aromatic hydroxyl groups is 1. The molecule has 17 nitrogen and oxygen atoms in total. The van der Waals surface area contributed by atoms with Crippen molar-refractivity contribution in [1.82, 2.24) is 31.2 Å². The van der Waals surface area contributed by atoms with Gasteiger partial charge in [-0.2, -0.15) is 0 Å². The van der Waals surface area contributed by atoms with Crippen LogP contribution < -0.4 is 32.7 Å². The van der Waals surface area contributed by atoms with E-state index >= 15 is 0 Å². The maximum absolute atomic E-state index is 13.7. The molecule has 0 aliphatic rings. The van der Waals surface area contributed by atoms with Crippen LogP contribution in [0.3, 0.4) is 0 Å². The minimum atomic E-state index is -1.48. The fourth-order valence-corrected chi connectivity index (χ4v) is 4.79. The van der Waals surface area contributed by atoms with Crippen LogP contribution in [0.2, 0.25) is 0 Å². The van der Waals surface area contributed by atoms with E-state index in [-0.39, 0.29) is 37.4 Å². The van der Waals surface area contributed by atoms with E-state index in [1.807, 2.05) is 6.92 Å². The van der Waals surface area contributed by atoms with Crippen LogP contribution in [0.5, 0.6) is 5.75 Å². The Labute approximate surface area is 284 Å². The number of benzene rings is 1. The molecule has 1 aromatic carbocycles. The number of phenolic OH excluding ortho intramolecular Hbond substituents is 1. The molecule has 0 radical (unpaired) electrons. The van der Waals surface area contributed by atoms with Gasteiger partial charge in [-0.05, 0) is 55.8 Å². The van der Waals surface area contributed by atoms with Crippen molar-refractivity contribution in [2.45, 2.75) is 95.4 Å². The second-order valence-corrected chi connectivity index (χ2v) is 11.9. The van der Waals surface area contributed by atoms with Gasteiger partial charge < -0.3 is 53.0 Å². The summed E-state index contributed by atoms with van der Waals surface area (Å²) in [5.41, 5.74) is 12.6. The standard InChI is InChI=1S/C32H48N8O9/c1-3-18(2)27(34)31(47)40-25(15-20-16-35-17-36-20)30(46)37-22(11-12-26(42)43)28(44)39-24(14-19-7-9-21(41)10-8-19)29(45)38-23(32(48)49)6-4-5-13-33/h7-10,16-18,22-25,27,41H,3-6,11-15,33-34H2,1-2H3,(H,35,36)(H,37,46)(H,38,45)(H,39,44)(H,40,47)(H,42,43)(H,48,49)/t18?,22-,23-,24-,25-,27-/m0/s1. The van der Waals surface area contributed by atoms with Gasteiger partial charge in [-0.1, -0.05) is 32.4 Å². The molecule has 2 aromatic rings. The van der Waals surface area contributed by atoms with Gasteiger partial charge in [0.1, 0.15) is 29.9 Å². The third-order valence-electron chi connectivity index (χ3n) is 8.02. The average molecular weight is 689 g/mol. The van der Waals surface area contributed by atoms with Crippen LogP contribution in [0, 0.1) is 5.92 Å². The number of aromatic amines is 1. The van der Waals surface area contributed by atoms with Gasteiger partial charge in [-0.25, -0.2) is 9.78 Å². The Kier molecular flexibility index (Phi) is 16.7. The first-order chi connectivity index (χ1) is 23.2. The maximum Gasteiger partial charge on any atom is 0.326 e. The lowest BCUT2D eigenvalue weighted by Crippen LogP contribution is -2.59. The molecule has 49 heavy (non-hydrogen) atoms. The van der Waals surface area contributed by atoms with Crippen LogP contribution in [-0.4, -0.2) is 97.6 Å². The summed E-state index contributed by atoms with van der Waals surface area (Å²) in [6.07, 6.45) is 3.34. The molecular formula is C32H48N8O9. The highest BCUT2D eigenvalue weighted by molar-refractivity contribution is 5.95. The number of carboxylic acid groups (broad SMARTS) is 2. The fraction of sp³-hybridized carbons (Fsp3) is 0.531. The Balaban J connectivity index is 2.35. The molecule has 0 saturated carbocycles. The summed E-state index contributed by atoms with van der Waals surface area (Å²) in [6, 6.07) is -0.556. The number of nitrogens with two attached hydrogens (primary N) is 2. The van der Waals surface area contributed by atoms with Gasteiger partial charge in [0.15, 0.2) is 0 Å². The predicted octanol–water partition coefficient (Wildman–Crippen LogP) is -0.708. The van der Waals surface area contributed by atoms with Gasteiger partial charge in [0, 0.05) is 31.2 Å². The van der Waals surface area contributed by atoms with Crippen LogP contribution in [0.25, 0.3) is 0 Å². The Morgan fingerprint density at radius 1 is 0.816 bits per heavy atom. The summed E-state index contributed by atoms with van der Waals surface area (Å²) >= 11 is 0. The van der Waals surface area contributed by atoms with E-state index in [1.54, 1.807) is 6.92 Å². The largest absolute Gasteiger partial charge is 0.508 e. The average Bonchev–Trinajstić information content (AvgIpc) is 3.58. The number of aromatic nitrogens is 2. The summed E-state index contributed by atoms with van der Waals surface area (Å²) in [7, 11) is 0. The molecule has 17 heteroatoms. The van der Waals surface area contributed by atoms with Gasteiger partial charge >= 0.3 is 11.9 Å². The monoisotopic (exact) mass is 688 g/mol. The highest BCUT2D eigenvalue weighted by Crippen LogP contribution is 2.13. The Bertz CT molecular complexity index is 1390. The van der Waals surface area contributed by atoms with Crippen LogP contribution in [0.1, 0.15) is 63.6 Å². The number of nitrogens with one attached hydrogen (secondary N) is 5. The van der Waals surface area contributed by atoms with Crippen molar-refractivity contribution in [3.05, 3.63) is 48.0 Å². The zero-order valence-corrected chi connectivity index (χ0v) is 27.7. The van der Waals surface area contributed by atoms with E-state index in [0.717, 1.165) is 0 Å². The number of carboxylic acids is 2. The van der Waals surface area contributed by atoms with Crippen molar-refractivity contribution >= 4 is 35.6 Å². The minimum Gasteiger partial charge on any atom is -0.508 e. The second-order valence-electron chi connectivity index (χ2n) is 11.9. The number of carbonyl (C=O) groups is 6. The van der Waals surface area contributed by atoms with E-state index in [4.69, 9.17) is 11.5 Å². The number of amides is 4. The number of carbonyl (C=O) groups excluding carboxylic acids is 4. The number of unbranched alkanes of at least 4 members (excludes halogenated alkanes) is 1. The van der Waals surface area contributed by atoms with Crippen molar-refractivity contribution in [3.8, 4) is 5.75 Å². The summed E-state index contributed by atoms with van der Waals surface area (Å²) in [5.74, 6) is -5.99. The quantitative estimate of drug-likeness (QED) is 0.0687. The van der Waals surface area contributed by atoms with Crippen molar-refractivity contribution in [2.75, 3.05) is 6.54 Å². The molecule has 0 bridgehead atoms. The van der Waals surface area contributed by atoms with Crippen molar-refractivity contribution < 1.29 is 44.1 Å². The van der Waals surface area contributed by atoms with Crippen LogP contribution in [0.4, 0.5) is 0 Å². The van der Waals surface area contributed by atoms with Gasteiger partial charge in [0.2, 0.25) is 23.6 Å². The number of H-pyrrole nitrogens is 1. The number of nitrogens with zero attached hydrogens (tertiary/aromatic N) is 1. The fourth-order valence-electron chi connectivity index (χ4n) is 4.79. The molecule has 270 valence electrons. The zero-order valence-electron chi connectivity index (χ0n) is 27.7. The molecule has 2 rings (SSSR count). The Hall–Kier alpha value is -5.03. The van der Waals surface area contributed by atoms with Gasteiger partial charge in [0.05, 0.1) is 12.4 Å². The number of hydrogen-bond acceptors (Lipinski definition) is 10. The first kappa shape index (κ1) is 40.1. The highest BCUT2D eigenvalue weighted by Gasteiger charge is 2.33. The van der Waals surface area contributed by atoms with Gasteiger partial charge in [-0.15, -0.1) is 0 Å². The lowest BCUT2D eigenvalue weighted by Gasteiger charge is -2.27. The number of rotatable bonds is 22. The molecule has 1 unspecified atom stereocenters. The SMILES string of the molecule is CCC(C)[C@H](N)C(=O)N[C@@H](Cc1cnc[nH]1)C(=O)N[C@@H](CCC(=O)O)C(=O)N[C@@H](Cc1ccc(O)cc1)C(=O)N[C@@H](CCCCN)C(=O)O. The van der Waals surface area contributed by atoms with Crippen LogP contribution >= 0.6 is 0 Å².